The van der Waals surface area contributed by atoms with E-state index in [-0.39, 0.29) is 18.4 Å². The second-order valence-electron chi connectivity index (χ2n) is 7.69. The molecule has 4 rings (SSSR count). The van der Waals surface area contributed by atoms with Crippen LogP contribution >= 0.6 is 0 Å². The third-order valence-electron chi connectivity index (χ3n) is 5.66. The molecule has 0 heterocycles. The van der Waals surface area contributed by atoms with Crippen LogP contribution in [0.1, 0.15) is 51.9 Å². The molecular formula is C16H27NO2. The first kappa shape index (κ1) is 13.4. The van der Waals surface area contributed by atoms with Gasteiger partial charge in [-0.25, -0.2) is 0 Å². The molecule has 1 amide bonds. The number of hydrogen-bond acceptors (Lipinski definition) is 2. The lowest BCUT2D eigenvalue weighted by atomic mass is 9.49. The molecule has 0 aromatic heterocycles. The van der Waals surface area contributed by atoms with Gasteiger partial charge in [0, 0.05) is 19.6 Å². The maximum atomic E-state index is 12.2. The summed E-state index contributed by atoms with van der Waals surface area (Å²) in [6, 6.07) is 0. The van der Waals surface area contributed by atoms with Crippen LogP contribution in [0.25, 0.3) is 0 Å². The Morgan fingerprint density at radius 3 is 2.21 bits per heavy atom. The highest BCUT2D eigenvalue weighted by atomic mass is 16.3. The molecule has 4 saturated carbocycles. The summed E-state index contributed by atoms with van der Waals surface area (Å²) < 4.78 is 0. The summed E-state index contributed by atoms with van der Waals surface area (Å²) >= 11 is 0. The molecule has 4 aliphatic carbocycles. The molecule has 0 aromatic carbocycles. The minimum Gasteiger partial charge on any atom is -0.396 e. The number of carbonyl (C=O) groups is 1. The van der Waals surface area contributed by atoms with Crippen LogP contribution in [0, 0.1) is 29.1 Å². The third-order valence-corrected chi connectivity index (χ3v) is 5.66. The fourth-order valence-electron chi connectivity index (χ4n) is 5.26. The van der Waals surface area contributed by atoms with E-state index in [0.29, 0.717) is 12.0 Å². The van der Waals surface area contributed by atoms with E-state index in [2.05, 4.69) is 5.32 Å². The lowest BCUT2D eigenvalue weighted by molar-refractivity contribution is -0.129. The van der Waals surface area contributed by atoms with Gasteiger partial charge in [0.05, 0.1) is 0 Å². The highest BCUT2D eigenvalue weighted by Crippen LogP contribution is 2.61. The Hall–Kier alpha value is -0.570. The Morgan fingerprint density at radius 2 is 1.74 bits per heavy atom. The summed E-state index contributed by atoms with van der Waals surface area (Å²) in [5.41, 5.74) is 0.335. The molecule has 108 valence electrons. The normalized spacial score (nSPS) is 41.3. The highest BCUT2D eigenvalue weighted by molar-refractivity contribution is 5.76. The molecule has 0 aliphatic heterocycles. The Morgan fingerprint density at radius 1 is 1.21 bits per heavy atom. The lowest BCUT2D eigenvalue weighted by Gasteiger charge is -2.56. The van der Waals surface area contributed by atoms with Crippen LogP contribution in [0.5, 0.6) is 0 Å². The van der Waals surface area contributed by atoms with Crippen LogP contribution in [0.3, 0.4) is 0 Å². The summed E-state index contributed by atoms with van der Waals surface area (Å²) in [5.74, 6) is 3.11. The minimum atomic E-state index is 0.150. The van der Waals surface area contributed by atoms with Gasteiger partial charge in [-0.3, -0.25) is 4.79 Å². The predicted octanol–water partition coefficient (Wildman–Crippen LogP) is 2.34. The molecule has 1 atom stereocenters. The minimum absolute atomic E-state index is 0.150. The van der Waals surface area contributed by atoms with E-state index in [1.807, 2.05) is 6.92 Å². The van der Waals surface area contributed by atoms with Crippen LogP contribution in [0.15, 0.2) is 0 Å². The monoisotopic (exact) mass is 265 g/mol. The number of hydrogen-bond donors (Lipinski definition) is 2. The molecule has 3 nitrogen and oxygen atoms in total. The van der Waals surface area contributed by atoms with Crippen molar-refractivity contribution in [2.75, 3.05) is 13.2 Å². The van der Waals surface area contributed by atoms with E-state index in [0.717, 1.165) is 24.2 Å². The Labute approximate surface area is 116 Å². The van der Waals surface area contributed by atoms with Gasteiger partial charge in [0.1, 0.15) is 0 Å². The molecule has 3 heteroatoms. The number of amides is 1. The molecule has 0 saturated heterocycles. The van der Waals surface area contributed by atoms with E-state index in [9.17, 15) is 4.79 Å². The first-order valence-corrected chi connectivity index (χ1v) is 7.96. The molecule has 2 N–H and O–H groups in total. The molecule has 1 unspecified atom stereocenters. The summed E-state index contributed by atoms with van der Waals surface area (Å²) in [6.45, 7) is 2.73. The van der Waals surface area contributed by atoms with Crippen LogP contribution in [0.2, 0.25) is 0 Å². The van der Waals surface area contributed by atoms with Gasteiger partial charge < -0.3 is 10.4 Å². The fraction of sp³-hybridized carbons (Fsp3) is 0.938. The molecule has 0 aromatic rings. The Kier molecular flexibility index (Phi) is 3.59. The number of rotatable bonds is 5. The van der Waals surface area contributed by atoms with Gasteiger partial charge in [-0.2, -0.15) is 0 Å². The maximum absolute atomic E-state index is 12.2. The van der Waals surface area contributed by atoms with Crippen molar-refractivity contribution in [2.45, 2.75) is 51.9 Å². The van der Waals surface area contributed by atoms with E-state index < -0.39 is 0 Å². The van der Waals surface area contributed by atoms with Crippen molar-refractivity contribution in [3.8, 4) is 0 Å². The third kappa shape index (κ3) is 2.81. The zero-order valence-corrected chi connectivity index (χ0v) is 12.0. The largest absolute Gasteiger partial charge is 0.396 e. The summed E-state index contributed by atoms with van der Waals surface area (Å²) in [5, 5.41) is 12.0. The zero-order chi connectivity index (χ0) is 13.5. The van der Waals surface area contributed by atoms with Crippen molar-refractivity contribution in [1.82, 2.24) is 5.32 Å². The van der Waals surface area contributed by atoms with Crippen LogP contribution in [-0.4, -0.2) is 24.2 Å². The molecule has 4 aliphatic rings. The van der Waals surface area contributed by atoms with Gasteiger partial charge in [-0.05, 0) is 67.6 Å². The molecule has 4 bridgehead atoms. The van der Waals surface area contributed by atoms with Crippen molar-refractivity contribution >= 4 is 5.91 Å². The average molecular weight is 265 g/mol. The first-order chi connectivity index (χ1) is 9.08. The van der Waals surface area contributed by atoms with Crippen molar-refractivity contribution in [2.24, 2.45) is 29.1 Å². The summed E-state index contributed by atoms with van der Waals surface area (Å²) in [6.07, 6.45) is 8.91. The van der Waals surface area contributed by atoms with E-state index in [1.165, 1.54) is 38.5 Å². The molecular weight excluding hydrogens is 238 g/mol. The summed E-state index contributed by atoms with van der Waals surface area (Å²) in [4.78, 5) is 12.2. The van der Waals surface area contributed by atoms with Gasteiger partial charge in [-0.15, -0.1) is 0 Å². The van der Waals surface area contributed by atoms with Crippen molar-refractivity contribution in [3.63, 3.8) is 0 Å². The molecule has 0 spiro atoms. The van der Waals surface area contributed by atoms with Crippen LogP contribution in [0.4, 0.5) is 0 Å². The number of nitrogens with one attached hydrogen (secondary N) is 1. The highest BCUT2D eigenvalue weighted by Gasteiger charge is 2.51. The van der Waals surface area contributed by atoms with Gasteiger partial charge in [0.2, 0.25) is 5.91 Å². The number of aliphatic hydroxyl groups excluding tert-OH is 1. The van der Waals surface area contributed by atoms with Gasteiger partial charge in [-0.1, -0.05) is 6.92 Å². The number of aliphatic hydroxyl groups is 1. The Balaban J connectivity index is 1.56. The smallest absolute Gasteiger partial charge is 0.220 e. The van der Waals surface area contributed by atoms with Crippen LogP contribution in [-0.2, 0) is 4.79 Å². The fourth-order valence-corrected chi connectivity index (χ4v) is 5.26. The second kappa shape index (κ2) is 5.08. The predicted molar refractivity (Wildman–Crippen MR) is 74.5 cm³/mol. The molecule has 4 fully saturated rings. The Bertz CT molecular complexity index is 317. The molecule has 19 heavy (non-hydrogen) atoms. The first-order valence-electron chi connectivity index (χ1n) is 7.96. The maximum Gasteiger partial charge on any atom is 0.220 e. The summed E-state index contributed by atoms with van der Waals surface area (Å²) in [7, 11) is 0. The van der Waals surface area contributed by atoms with E-state index in [4.69, 9.17) is 5.11 Å². The van der Waals surface area contributed by atoms with Gasteiger partial charge in [0.15, 0.2) is 0 Å². The van der Waals surface area contributed by atoms with Crippen LogP contribution < -0.4 is 5.32 Å². The molecule has 0 radical (unpaired) electrons. The van der Waals surface area contributed by atoms with E-state index in [1.54, 1.807) is 0 Å². The quantitative estimate of drug-likeness (QED) is 0.801. The van der Waals surface area contributed by atoms with Crippen molar-refractivity contribution < 1.29 is 9.90 Å². The second-order valence-corrected chi connectivity index (χ2v) is 7.69. The van der Waals surface area contributed by atoms with Crippen molar-refractivity contribution in [1.29, 1.82) is 0 Å². The van der Waals surface area contributed by atoms with Gasteiger partial charge in [0.25, 0.3) is 0 Å². The standard InChI is InChI=1S/C16H27NO2/c1-11(10-18)9-17-15(19)8-16-5-12-2-13(6-16)4-14(3-12)7-16/h11-14,18H,2-10H2,1H3,(H,17,19). The number of carbonyl (C=O) groups excluding carboxylic acids is 1. The zero-order valence-electron chi connectivity index (χ0n) is 12.0. The SMILES string of the molecule is CC(CO)CNC(=O)CC12CC3CC(CC(C3)C1)C2. The van der Waals surface area contributed by atoms with E-state index >= 15 is 0 Å². The average Bonchev–Trinajstić information content (AvgIpc) is 2.33. The lowest BCUT2D eigenvalue weighted by Crippen LogP contribution is -2.48. The van der Waals surface area contributed by atoms with Crippen molar-refractivity contribution in [3.05, 3.63) is 0 Å². The topological polar surface area (TPSA) is 49.3 Å². The van der Waals surface area contributed by atoms with Gasteiger partial charge >= 0.3 is 0 Å².